The highest BCUT2D eigenvalue weighted by molar-refractivity contribution is 5.99. The predicted octanol–water partition coefficient (Wildman–Crippen LogP) is 7.55. The Kier molecular flexibility index (Phi) is 31.1. The second kappa shape index (κ2) is 40.7. The molecule has 4 heterocycles. The second-order valence-electron chi connectivity index (χ2n) is 25.8. The van der Waals surface area contributed by atoms with Gasteiger partial charge in [-0.2, -0.15) is 4.98 Å². The first-order valence-corrected chi connectivity index (χ1v) is 35.2. The number of hydrogen-bond acceptors (Lipinski definition) is 18. The summed E-state index contributed by atoms with van der Waals surface area (Å²) in [6.45, 7) is 16.1. The number of nitrogens with two attached hydrogens (primary N) is 2. The Bertz CT molecular complexity index is 3730. The van der Waals surface area contributed by atoms with Crippen LogP contribution in [0.15, 0.2) is 116 Å². The van der Waals surface area contributed by atoms with Crippen molar-refractivity contribution in [2.75, 3.05) is 121 Å². The lowest BCUT2D eigenvalue weighted by Crippen LogP contribution is -2.59. The van der Waals surface area contributed by atoms with Crippen molar-refractivity contribution in [2.45, 2.75) is 129 Å². The molecule has 0 radical (unpaired) electrons. The first-order chi connectivity index (χ1) is 49.4. The van der Waals surface area contributed by atoms with E-state index in [1.54, 1.807) is 62.1 Å². The van der Waals surface area contributed by atoms with Gasteiger partial charge in [0.1, 0.15) is 30.0 Å². The zero-order valence-electron chi connectivity index (χ0n) is 59.5. The van der Waals surface area contributed by atoms with Crippen LogP contribution in [-0.2, 0) is 80.3 Å². The number of likely N-dealkylation sites (N-methyl/N-ethyl adjacent to an activating group) is 1. The minimum absolute atomic E-state index is 0.00653. The van der Waals surface area contributed by atoms with Crippen LogP contribution in [0.5, 0.6) is 5.75 Å². The number of nitrogens with zero attached hydrogens (tertiary/aromatic N) is 6. The lowest BCUT2D eigenvalue weighted by atomic mass is 9.86. The molecule has 8 amide bonds. The van der Waals surface area contributed by atoms with Gasteiger partial charge in [-0.3, -0.25) is 28.9 Å². The van der Waals surface area contributed by atoms with E-state index in [0.29, 0.717) is 89.2 Å². The highest BCUT2D eigenvalue weighted by Crippen LogP contribution is 2.36. The lowest BCUT2D eigenvalue weighted by Gasteiger charge is -2.43. The standard InChI is InChI=1S/C75H102N14O13/c1-7-9-14-31-79-70-69-61(83-73(76)85-70)29-34-88(69)46-57-24-21-53(43-64(57)97-6)45-87-48-59(49-87)86(5)75(96)102-50-52-22-25-58(26-23-52)81-71(93)62(19-15-32-80-74(77)95)82-72(94)68(51(3)4)84-66(91)30-35-98-37-39-100-41-42-101-40-38-99-36-33-78-65(90)27-28-67(92)89-47-56-17-11-10-16-55(56)44-54(8-2)60-18-12-13-20-63(60)89/h8,10-13,16-18,20-26,29,34,43,51,54,59,62,68H,2,7,9,14-15,19,27-28,30-33,35-42,44-50H2,1,3-6H3,(H,78,90)(H,81,93)(H,82,94)(H,84,91)(H3,77,80,95)(H3,76,79,83,85)/t54?,62-,68-/m0/s1. The van der Waals surface area contributed by atoms with Crippen LogP contribution in [0.2, 0.25) is 0 Å². The van der Waals surface area contributed by atoms with Crippen molar-refractivity contribution < 1.29 is 62.0 Å². The highest BCUT2D eigenvalue weighted by atomic mass is 16.6. The molecule has 550 valence electrons. The van der Waals surface area contributed by atoms with Gasteiger partial charge in [0, 0.05) is 94.6 Å². The summed E-state index contributed by atoms with van der Waals surface area (Å²) >= 11 is 0. The third kappa shape index (κ3) is 24.0. The van der Waals surface area contributed by atoms with Crippen LogP contribution in [-0.4, -0.2) is 184 Å². The summed E-state index contributed by atoms with van der Waals surface area (Å²) in [5.74, 6) is -0.486. The molecule has 2 aliphatic heterocycles. The van der Waals surface area contributed by atoms with Gasteiger partial charge in [-0.15, -0.1) is 6.58 Å². The number of hydrogen-bond donors (Lipinski definition) is 8. The maximum Gasteiger partial charge on any atom is 0.410 e. The number of carbonyl (C=O) groups excluding carboxylic acids is 7. The molecule has 8 rings (SSSR count). The van der Waals surface area contributed by atoms with Crippen molar-refractivity contribution in [3.8, 4) is 5.75 Å². The molecule has 1 unspecified atom stereocenters. The molecular weight excluding hydrogens is 1300 g/mol. The van der Waals surface area contributed by atoms with E-state index in [1.807, 2.05) is 60.8 Å². The number of aromatic nitrogens is 3. The molecule has 0 saturated carbocycles. The number of primary amides is 1. The van der Waals surface area contributed by atoms with Crippen molar-refractivity contribution in [1.82, 2.24) is 45.6 Å². The van der Waals surface area contributed by atoms with Crippen molar-refractivity contribution in [1.29, 1.82) is 0 Å². The molecular formula is C75H102N14O13. The number of carbonyl (C=O) groups is 7. The van der Waals surface area contributed by atoms with Crippen molar-refractivity contribution in [2.24, 2.45) is 11.7 Å². The SMILES string of the molecule is C=CC1Cc2ccccc2CN(C(=O)CCC(=O)NCCOCCOCCOCCOCCC(=O)N[C@H](C(=O)N[C@@H](CCCNC(N)=O)C(=O)Nc2ccc(COC(=O)N(C)C3CN(Cc4ccc(Cn5ccc6nc(N)nc(NCCCCC)c65)c(OC)c4)C3)cc2)C(C)C)c2ccccc21. The van der Waals surface area contributed by atoms with Crippen molar-refractivity contribution in [3.05, 3.63) is 149 Å². The van der Waals surface area contributed by atoms with Gasteiger partial charge in [-0.05, 0) is 89.8 Å². The first kappa shape index (κ1) is 78.1. The van der Waals surface area contributed by atoms with E-state index in [0.717, 1.165) is 77.0 Å². The summed E-state index contributed by atoms with van der Waals surface area (Å²) in [6.07, 6.45) is 8.03. The minimum Gasteiger partial charge on any atom is -0.496 e. The fourth-order valence-corrected chi connectivity index (χ4v) is 12.1. The van der Waals surface area contributed by atoms with Crippen LogP contribution in [0.1, 0.15) is 111 Å². The van der Waals surface area contributed by atoms with Gasteiger partial charge in [-0.1, -0.05) is 106 Å². The van der Waals surface area contributed by atoms with Gasteiger partial charge in [0.05, 0.1) is 84.6 Å². The monoisotopic (exact) mass is 1410 g/mol. The summed E-state index contributed by atoms with van der Waals surface area (Å²) in [5.41, 5.74) is 20.3. The van der Waals surface area contributed by atoms with Gasteiger partial charge in [0.2, 0.25) is 35.5 Å². The molecule has 0 spiro atoms. The number of likely N-dealkylation sites (tertiary alicyclic amines) is 1. The number of unbranched alkanes of at least 4 members (excludes halogenated alkanes) is 2. The Morgan fingerprint density at radius 1 is 0.725 bits per heavy atom. The zero-order valence-corrected chi connectivity index (χ0v) is 59.5. The molecule has 1 fully saturated rings. The number of anilines is 4. The lowest BCUT2D eigenvalue weighted by molar-refractivity contribution is -0.132. The average molecular weight is 1410 g/mol. The molecule has 6 aromatic rings. The van der Waals surface area contributed by atoms with E-state index in [1.165, 1.54) is 5.56 Å². The maximum absolute atomic E-state index is 13.8. The number of methoxy groups -OCH3 is 1. The average Bonchev–Trinajstić information content (AvgIpc) is 1.45. The summed E-state index contributed by atoms with van der Waals surface area (Å²) in [4.78, 5) is 106. The molecule has 4 aromatic carbocycles. The molecule has 2 aromatic heterocycles. The number of urea groups is 1. The number of benzene rings is 4. The Balaban J connectivity index is 0.668. The summed E-state index contributed by atoms with van der Waals surface area (Å²) < 4.78 is 36.1. The number of rotatable bonds is 42. The van der Waals surface area contributed by atoms with E-state index in [2.05, 4.69) is 89.1 Å². The predicted molar refractivity (Wildman–Crippen MR) is 391 cm³/mol. The van der Waals surface area contributed by atoms with E-state index in [4.69, 9.17) is 39.9 Å². The fourth-order valence-electron chi connectivity index (χ4n) is 12.1. The molecule has 3 atom stereocenters. The van der Waals surface area contributed by atoms with Crippen LogP contribution in [0.4, 0.5) is 32.7 Å². The maximum atomic E-state index is 13.8. The van der Waals surface area contributed by atoms with Gasteiger partial charge < -0.3 is 86.2 Å². The summed E-state index contributed by atoms with van der Waals surface area (Å²) in [5, 5.41) is 17.2. The molecule has 10 N–H and O–H groups in total. The molecule has 102 heavy (non-hydrogen) atoms. The Hall–Kier alpha value is -9.67. The fraction of sp³-hybridized carbons (Fsp3) is 0.480. The van der Waals surface area contributed by atoms with E-state index >= 15 is 0 Å². The Labute approximate surface area is 597 Å². The van der Waals surface area contributed by atoms with E-state index in [-0.39, 0.29) is 101 Å². The summed E-state index contributed by atoms with van der Waals surface area (Å²) in [6, 6.07) is 28.2. The Morgan fingerprint density at radius 2 is 1.42 bits per heavy atom. The highest BCUT2D eigenvalue weighted by Gasteiger charge is 2.34. The molecule has 27 heteroatoms. The number of para-hydroxylation sites is 1. The second-order valence-corrected chi connectivity index (χ2v) is 25.8. The topological polar surface area (TPSA) is 340 Å². The summed E-state index contributed by atoms with van der Waals surface area (Å²) in [7, 11) is 3.39. The number of allylic oxidation sites excluding steroid dienone is 1. The normalized spacial score (nSPS) is 14.2. The van der Waals surface area contributed by atoms with Crippen LogP contribution in [0.3, 0.4) is 0 Å². The van der Waals surface area contributed by atoms with Gasteiger partial charge in [0.25, 0.3) is 0 Å². The van der Waals surface area contributed by atoms with E-state index < -0.39 is 41.9 Å². The largest absolute Gasteiger partial charge is 0.496 e. The molecule has 2 aliphatic rings. The van der Waals surface area contributed by atoms with Gasteiger partial charge in [0.15, 0.2) is 5.82 Å². The van der Waals surface area contributed by atoms with E-state index in [9.17, 15) is 33.6 Å². The molecule has 27 nitrogen and oxygen atoms in total. The third-order valence-corrected chi connectivity index (χ3v) is 17.8. The van der Waals surface area contributed by atoms with Gasteiger partial charge in [-0.25, -0.2) is 14.6 Å². The van der Waals surface area contributed by atoms with Crippen molar-refractivity contribution >= 4 is 75.8 Å². The van der Waals surface area contributed by atoms with Crippen LogP contribution in [0.25, 0.3) is 11.0 Å². The number of nitrogens with one attached hydrogen (secondary N) is 6. The van der Waals surface area contributed by atoms with Crippen LogP contribution >= 0.6 is 0 Å². The zero-order chi connectivity index (χ0) is 72.8. The quantitative estimate of drug-likeness (QED) is 0.0135. The van der Waals surface area contributed by atoms with Gasteiger partial charge >= 0.3 is 12.1 Å². The number of nitrogen functional groups attached to an aromatic ring is 1. The van der Waals surface area contributed by atoms with Crippen molar-refractivity contribution in [3.63, 3.8) is 0 Å². The van der Waals surface area contributed by atoms with Crippen LogP contribution in [0, 0.1) is 5.92 Å². The van der Waals surface area contributed by atoms with Crippen LogP contribution < -0.4 is 53.0 Å². The molecule has 0 aliphatic carbocycles. The molecule has 1 saturated heterocycles. The third-order valence-electron chi connectivity index (χ3n) is 17.8. The number of fused-ring (bicyclic) bond motifs is 3. The number of amides is 8. The number of ether oxygens (including phenoxy) is 6. The Morgan fingerprint density at radius 3 is 2.13 bits per heavy atom. The minimum atomic E-state index is -1.06. The smallest absolute Gasteiger partial charge is 0.410 e. The molecule has 0 bridgehead atoms. The first-order valence-electron chi connectivity index (χ1n) is 35.2.